The van der Waals surface area contributed by atoms with E-state index in [1.807, 2.05) is 0 Å². The van der Waals surface area contributed by atoms with E-state index in [9.17, 15) is 21.6 Å². The lowest BCUT2D eigenvalue weighted by Gasteiger charge is -2.28. The highest BCUT2D eigenvalue weighted by atomic mass is 35.5. The normalized spacial score (nSPS) is 15.9. The second-order valence-electron chi connectivity index (χ2n) is 8.29. The number of nitrogens with zero attached hydrogens (tertiary/aromatic N) is 2. The fourth-order valence-corrected chi connectivity index (χ4v) is 6.74. The molecule has 0 radical (unpaired) electrons. The number of carbonyl (C=O) groups is 1. The number of rotatable bonds is 10. The van der Waals surface area contributed by atoms with Gasteiger partial charge in [-0.2, -0.15) is 4.31 Å². The highest BCUT2D eigenvalue weighted by Gasteiger charge is 2.29. The van der Waals surface area contributed by atoms with Gasteiger partial charge in [0.25, 0.3) is 0 Å². The summed E-state index contributed by atoms with van der Waals surface area (Å²) < 4.78 is 58.2. The van der Waals surface area contributed by atoms with Crippen molar-refractivity contribution in [1.29, 1.82) is 0 Å². The summed E-state index contributed by atoms with van der Waals surface area (Å²) in [6.45, 7) is 2.80. The van der Waals surface area contributed by atoms with Crippen molar-refractivity contribution in [2.75, 3.05) is 36.8 Å². The zero-order valence-electron chi connectivity index (χ0n) is 19.7. The summed E-state index contributed by atoms with van der Waals surface area (Å²) in [5, 5.41) is 3.02. The van der Waals surface area contributed by atoms with Gasteiger partial charge in [0, 0.05) is 18.1 Å². The fourth-order valence-electron chi connectivity index (χ4n) is 3.87. The Hall–Kier alpha value is -2.34. The minimum Gasteiger partial charge on any atom is -0.492 e. The van der Waals surface area contributed by atoms with Crippen molar-refractivity contribution < 1.29 is 26.4 Å². The molecule has 1 fully saturated rings. The molecule has 0 unspecified atom stereocenters. The first-order chi connectivity index (χ1) is 16.5. The Balaban J connectivity index is 1.54. The smallest absolute Gasteiger partial charge is 0.243 e. The van der Waals surface area contributed by atoms with Gasteiger partial charge in [-0.3, -0.25) is 9.10 Å². The molecule has 0 saturated carbocycles. The number of hydrogen-bond donors (Lipinski definition) is 1. The van der Waals surface area contributed by atoms with Crippen LogP contribution in [0.1, 0.15) is 26.2 Å². The van der Waals surface area contributed by atoms with Crippen molar-refractivity contribution in [3.63, 3.8) is 0 Å². The molecule has 1 aliphatic rings. The SMILES string of the molecule is C[C@@H](C(=O)NCCOc1ccc(S(=O)(=O)N2CCCCC2)cc1)N(c1cccc(Cl)c1)S(C)(=O)=O. The molecule has 1 N–H and O–H groups in total. The van der Waals surface area contributed by atoms with Crippen LogP contribution in [0.15, 0.2) is 53.4 Å². The Morgan fingerprint density at radius 3 is 2.34 bits per heavy atom. The fraction of sp³-hybridized carbons (Fsp3) is 0.435. The summed E-state index contributed by atoms with van der Waals surface area (Å²) in [6.07, 6.45) is 3.80. The molecule has 2 aromatic rings. The summed E-state index contributed by atoms with van der Waals surface area (Å²) >= 11 is 5.98. The van der Waals surface area contributed by atoms with Crippen molar-refractivity contribution in [1.82, 2.24) is 9.62 Å². The number of benzene rings is 2. The van der Waals surface area contributed by atoms with Gasteiger partial charge in [0.15, 0.2) is 0 Å². The number of piperidine rings is 1. The first kappa shape index (κ1) is 27.3. The molecule has 0 spiro atoms. The van der Waals surface area contributed by atoms with Crippen molar-refractivity contribution in [2.45, 2.75) is 37.1 Å². The molecular formula is C23H30ClN3O6S2. The van der Waals surface area contributed by atoms with Crippen molar-refractivity contribution in [2.24, 2.45) is 0 Å². The van der Waals surface area contributed by atoms with Crippen molar-refractivity contribution in [3.8, 4) is 5.75 Å². The van der Waals surface area contributed by atoms with E-state index in [0.717, 1.165) is 29.8 Å². The lowest BCUT2D eigenvalue weighted by atomic mass is 10.2. The zero-order valence-corrected chi connectivity index (χ0v) is 22.1. The molecule has 1 amide bonds. The number of halogens is 1. The lowest BCUT2D eigenvalue weighted by molar-refractivity contribution is -0.121. The molecule has 2 aromatic carbocycles. The van der Waals surface area contributed by atoms with Crippen LogP contribution < -0.4 is 14.4 Å². The zero-order chi connectivity index (χ0) is 25.6. The Morgan fingerprint density at radius 1 is 1.09 bits per heavy atom. The summed E-state index contributed by atoms with van der Waals surface area (Å²) in [7, 11) is -7.26. The number of sulfonamides is 2. The number of hydrogen-bond acceptors (Lipinski definition) is 6. The summed E-state index contributed by atoms with van der Waals surface area (Å²) in [6, 6.07) is 11.4. The van der Waals surface area contributed by atoms with E-state index < -0.39 is 32.0 Å². The first-order valence-corrected chi connectivity index (χ1v) is 14.9. The second-order valence-corrected chi connectivity index (χ2v) is 12.5. The number of ether oxygens (including phenoxy) is 1. The third-order valence-electron chi connectivity index (χ3n) is 5.60. The van der Waals surface area contributed by atoms with E-state index in [2.05, 4.69) is 5.32 Å². The molecule has 12 heteroatoms. The van der Waals surface area contributed by atoms with Gasteiger partial charge in [0.05, 0.1) is 23.4 Å². The van der Waals surface area contributed by atoms with Gasteiger partial charge < -0.3 is 10.1 Å². The molecule has 0 aromatic heterocycles. The quantitative estimate of drug-likeness (QED) is 0.461. The highest BCUT2D eigenvalue weighted by molar-refractivity contribution is 7.92. The third kappa shape index (κ3) is 7.09. The van der Waals surface area contributed by atoms with E-state index >= 15 is 0 Å². The van der Waals surface area contributed by atoms with Crippen LogP contribution in [0.2, 0.25) is 5.02 Å². The molecule has 1 aliphatic heterocycles. The average molecular weight is 544 g/mol. The average Bonchev–Trinajstić information content (AvgIpc) is 2.82. The maximum absolute atomic E-state index is 12.7. The maximum atomic E-state index is 12.7. The van der Waals surface area contributed by atoms with Crippen LogP contribution in [-0.2, 0) is 24.8 Å². The minimum absolute atomic E-state index is 0.118. The molecule has 1 saturated heterocycles. The Bertz CT molecular complexity index is 1230. The number of anilines is 1. The number of amides is 1. The van der Waals surface area contributed by atoms with Crippen molar-refractivity contribution >= 4 is 43.2 Å². The topological polar surface area (TPSA) is 113 Å². The van der Waals surface area contributed by atoms with Crippen molar-refractivity contribution in [3.05, 3.63) is 53.6 Å². The number of carbonyl (C=O) groups excluding carboxylic acids is 1. The molecule has 35 heavy (non-hydrogen) atoms. The Morgan fingerprint density at radius 2 is 1.74 bits per heavy atom. The van der Waals surface area contributed by atoms with Gasteiger partial charge >= 0.3 is 0 Å². The Kier molecular flexibility index (Phi) is 9.03. The number of nitrogens with one attached hydrogen (secondary N) is 1. The third-order valence-corrected chi connectivity index (χ3v) is 8.99. The molecule has 0 aliphatic carbocycles. The van der Waals surface area contributed by atoms with Gasteiger partial charge in [0.1, 0.15) is 18.4 Å². The van der Waals surface area contributed by atoms with Gasteiger partial charge in [-0.15, -0.1) is 0 Å². The van der Waals surface area contributed by atoms with Gasteiger partial charge in [-0.1, -0.05) is 24.1 Å². The van der Waals surface area contributed by atoms with Crippen LogP contribution in [0.4, 0.5) is 5.69 Å². The van der Waals surface area contributed by atoms with Gasteiger partial charge in [-0.25, -0.2) is 16.8 Å². The van der Waals surface area contributed by atoms with E-state index in [1.165, 1.54) is 29.4 Å². The van der Waals surface area contributed by atoms with Crippen LogP contribution in [0.25, 0.3) is 0 Å². The van der Waals surface area contributed by atoms with E-state index in [1.54, 1.807) is 30.3 Å². The predicted molar refractivity (Wildman–Crippen MR) is 136 cm³/mol. The van der Waals surface area contributed by atoms with Crippen LogP contribution in [0, 0.1) is 0 Å². The van der Waals surface area contributed by atoms with Gasteiger partial charge in [-0.05, 0) is 62.2 Å². The monoisotopic (exact) mass is 543 g/mol. The molecule has 1 atom stereocenters. The molecule has 0 bridgehead atoms. The lowest BCUT2D eigenvalue weighted by Crippen LogP contribution is -2.48. The first-order valence-electron chi connectivity index (χ1n) is 11.3. The highest BCUT2D eigenvalue weighted by Crippen LogP contribution is 2.25. The van der Waals surface area contributed by atoms with Crippen LogP contribution in [0.5, 0.6) is 5.75 Å². The largest absolute Gasteiger partial charge is 0.492 e. The summed E-state index contributed by atoms with van der Waals surface area (Å²) in [4.78, 5) is 12.8. The van der Waals surface area contributed by atoms with Gasteiger partial charge in [0.2, 0.25) is 26.0 Å². The molecule has 192 valence electrons. The minimum atomic E-state index is -3.75. The second kappa shape index (κ2) is 11.6. The molecule has 1 heterocycles. The predicted octanol–water partition coefficient (Wildman–Crippen LogP) is 2.86. The Labute approximate surface area is 212 Å². The maximum Gasteiger partial charge on any atom is 0.243 e. The van der Waals surface area contributed by atoms with E-state index in [4.69, 9.17) is 16.3 Å². The van der Waals surface area contributed by atoms with Crippen LogP contribution in [0.3, 0.4) is 0 Å². The molecular weight excluding hydrogens is 514 g/mol. The van der Waals surface area contributed by atoms with Crippen LogP contribution in [-0.4, -0.2) is 65.6 Å². The molecule has 9 nitrogen and oxygen atoms in total. The summed E-state index contributed by atoms with van der Waals surface area (Å²) in [5.41, 5.74) is 0.290. The molecule has 3 rings (SSSR count). The standard InChI is InChI=1S/C23H30ClN3O6S2/c1-18(27(34(2,29)30)20-8-6-7-19(24)17-20)23(28)25-13-16-33-21-9-11-22(12-10-21)35(31,32)26-14-4-3-5-15-26/h6-12,17-18H,3-5,13-16H2,1-2H3,(H,25,28)/t18-/m0/s1. The summed E-state index contributed by atoms with van der Waals surface area (Å²) in [5.74, 6) is -0.0384. The van der Waals surface area contributed by atoms with Crippen LogP contribution >= 0.6 is 11.6 Å². The van der Waals surface area contributed by atoms with E-state index in [0.29, 0.717) is 29.5 Å². The van der Waals surface area contributed by atoms with E-state index in [-0.39, 0.29) is 18.0 Å².